The van der Waals surface area contributed by atoms with Crippen LogP contribution in [-0.4, -0.2) is 36.6 Å². The average molecular weight is 389 g/mol. The van der Waals surface area contributed by atoms with Gasteiger partial charge in [-0.1, -0.05) is 30.0 Å². The fourth-order valence-electron chi connectivity index (χ4n) is 2.80. The second-order valence-electron chi connectivity index (χ2n) is 6.55. The van der Waals surface area contributed by atoms with Gasteiger partial charge in [-0.15, -0.1) is 10.2 Å². The topological polar surface area (TPSA) is 85.6 Å². The number of amides is 1. The summed E-state index contributed by atoms with van der Waals surface area (Å²) in [6.45, 7) is 6.18. The Balaban J connectivity index is 1.70. The lowest BCUT2D eigenvalue weighted by atomic mass is 10.1. The highest BCUT2D eigenvalue weighted by atomic mass is 32.2. The molecule has 9 heteroatoms. The summed E-state index contributed by atoms with van der Waals surface area (Å²) in [4.78, 5) is 17.7. The lowest BCUT2D eigenvalue weighted by molar-refractivity contribution is 0.102. The second kappa shape index (κ2) is 6.96. The summed E-state index contributed by atoms with van der Waals surface area (Å²) in [5.74, 6) is 1.19. The average Bonchev–Trinajstić information content (AvgIpc) is 3.23. The maximum atomic E-state index is 12.9. The molecule has 3 aromatic rings. The van der Waals surface area contributed by atoms with Crippen LogP contribution in [0.2, 0.25) is 0 Å². The number of hydrogen-bond donors (Lipinski definition) is 1. The Morgan fingerprint density at radius 2 is 2.23 bits per heavy atom. The highest BCUT2D eigenvalue weighted by Gasteiger charge is 2.28. The van der Waals surface area contributed by atoms with Crippen molar-refractivity contribution in [2.45, 2.75) is 49.9 Å². The highest BCUT2D eigenvalue weighted by Crippen LogP contribution is 2.40. The molecule has 0 unspecified atom stereocenters. The first-order valence-corrected chi connectivity index (χ1v) is 10.5. The zero-order valence-corrected chi connectivity index (χ0v) is 16.5. The molecule has 0 aliphatic heterocycles. The third-order valence-electron chi connectivity index (χ3n) is 4.21. The molecule has 1 fully saturated rings. The predicted octanol–water partition coefficient (Wildman–Crippen LogP) is 4.11. The van der Waals surface area contributed by atoms with Crippen molar-refractivity contribution < 1.29 is 4.79 Å². The molecule has 4 rings (SSSR count). The molecule has 26 heavy (non-hydrogen) atoms. The van der Waals surface area contributed by atoms with Gasteiger partial charge in [-0.3, -0.25) is 10.1 Å². The van der Waals surface area contributed by atoms with Crippen LogP contribution in [0.5, 0.6) is 0 Å². The summed E-state index contributed by atoms with van der Waals surface area (Å²) in [6, 6.07) is 2.09. The summed E-state index contributed by atoms with van der Waals surface area (Å²) in [6.07, 6.45) is 3.99. The molecular weight excluding hydrogens is 368 g/mol. The van der Waals surface area contributed by atoms with Crippen LogP contribution in [0.1, 0.15) is 61.6 Å². The molecule has 1 aliphatic carbocycles. The summed E-state index contributed by atoms with van der Waals surface area (Å²) in [5.41, 5.74) is 2.35. The van der Waals surface area contributed by atoms with Crippen molar-refractivity contribution in [1.29, 1.82) is 0 Å². The van der Waals surface area contributed by atoms with Gasteiger partial charge in [0.2, 0.25) is 5.13 Å². The van der Waals surface area contributed by atoms with Crippen LogP contribution in [0.4, 0.5) is 5.13 Å². The van der Waals surface area contributed by atoms with Gasteiger partial charge < -0.3 is 0 Å². The van der Waals surface area contributed by atoms with Crippen molar-refractivity contribution in [3.63, 3.8) is 0 Å². The van der Waals surface area contributed by atoms with E-state index in [1.165, 1.54) is 11.3 Å². The Kier molecular flexibility index (Phi) is 4.66. The molecular formula is C17H20N6OS2. The Morgan fingerprint density at radius 3 is 2.92 bits per heavy atom. The Hall–Kier alpha value is -2.00. The molecule has 3 aromatic heterocycles. The third kappa shape index (κ3) is 3.33. The summed E-state index contributed by atoms with van der Waals surface area (Å²) in [5, 5.41) is 16.8. The third-order valence-corrected chi connectivity index (χ3v) is 6.06. The van der Waals surface area contributed by atoms with E-state index in [0.29, 0.717) is 16.6 Å². The number of anilines is 1. The van der Waals surface area contributed by atoms with Gasteiger partial charge >= 0.3 is 0 Å². The van der Waals surface area contributed by atoms with Crippen molar-refractivity contribution in [3.05, 3.63) is 23.5 Å². The summed E-state index contributed by atoms with van der Waals surface area (Å²) >= 11 is 3.00. The standard InChI is InChI=1S/C17H20N6OS2/c1-4-25-17-22-21-16(26-17)20-15(24)11-7-13(10-5-6-10)19-14-12(11)8-18-23(14)9(2)3/h7-10H,4-6H2,1-3H3,(H,20,21,24). The van der Waals surface area contributed by atoms with Crippen LogP contribution in [0.15, 0.2) is 16.6 Å². The minimum Gasteiger partial charge on any atom is -0.296 e. The smallest absolute Gasteiger partial charge is 0.258 e. The molecule has 1 aliphatic rings. The van der Waals surface area contributed by atoms with Gasteiger partial charge in [-0.25, -0.2) is 9.67 Å². The van der Waals surface area contributed by atoms with Crippen molar-refractivity contribution >= 4 is 45.2 Å². The molecule has 1 amide bonds. The van der Waals surface area contributed by atoms with E-state index in [1.54, 1.807) is 18.0 Å². The molecule has 0 atom stereocenters. The molecule has 0 saturated heterocycles. The molecule has 0 spiro atoms. The number of nitrogens with zero attached hydrogens (tertiary/aromatic N) is 5. The van der Waals surface area contributed by atoms with Gasteiger partial charge in [-0.05, 0) is 38.5 Å². The quantitative estimate of drug-likeness (QED) is 0.505. The van der Waals surface area contributed by atoms with Crippen LogP contribution in [0, 0.1) is 0 Å². The molecule has 7 nitrogen and oxygen atoms in total. The number of pyridine rings is 1. The molecule has 0 radical (unpaired) electrons. The predicted molar refractivity (Wildman–Crippen MR) is 104 cm³/mol. The van der Waals surface area contributed by atoms with Crippen LogP contribution >= 0.6 is 23.1 Å². The van der Waals surface area contributed by atoms with E-state index >= 15 is 0 Å². The minimum absolute atomic E-state index is 0.183. The first-order valence-electron chi connectivity index (χ1n) is 8.72. The maximum absolute atomic E-state index is 12.9. The van der Waals surface area contributed by atoms with Gasteiger partial charge in [0.25, 0.3) is 5.91 Å². The van der Waals surface area contributed by atoms with E-state index in [2.05, 4.69) is 41.4 Å². The number of hydrogen-bond acceptors (Lipinski definition) is 7. The summed E-state index contributed by atoms with van der Waals surface area (Å²) in [7, 11) is 0. The lowest BCUT2D eigenvalue weighted by Gasteiger charge is -2.09. The molecule has 136 valence electrons. The Morgan fingerprint density at radius 1 is 1.42 bits per heavy atom. The molecule has 1 saturated carbocycles. The van der Waals surface area contributed by atoms with E-state index in [9.17, 15) is 4.79 Å². The lowest BCUT2D eigenvalue weighted by Crippen LogP contribution is -2.13. The van der Waals surface area contributed by atoms with Gasteiger partial charge in [-0.2, -0.15) is 5.10 Å². The van der Waals surface area contributed by atoms with E-state index in [0.717, 1.165) is 39.7 Å². The normalized spacial score (nSPS) is 14.3. The van der Waals surface area contributed by atoms with Gasteiger partial charge in [0, 0.05) is 17.7 Å². The number of rotatable bonds is 6. The number of carbonyl (C=O) groups is 1. The zero-order valence-electron chi connectivity index (χ0n) is 14.9. The van der Waals surface area contributed by atoms with Gasteiger partial charge in [0.05, 0.1) is 17.1 Å². The number of aromatic nitrogens is 5. The van der Waals surface area contributed by atoms with Crippen molar-refractivity contribution in [2.75, 3.05) is 11.1 Å². The van der Waals surface area contributed by atoms with E-state index in [1.807, 2.05) is 10.7 Å². The Bertz CT molecular complexity index is 959. The second-order valence-corrected chi connectivity index (χ2v) is 9.04. The fraction of sp³-hybridized carbons (Fsp3) is 0.471. The first kappa shape index (κ1) is 17.4. The Labute approximate surface area is 159 Å². The first-order chi connectivity index (χ1) is 12.6. The number of nitrogens with one attached hydrogen (secondary N) is 1. The monoisotopic (exact) mass is 388 g/mol. The largest absolute Gasteiger partial charge is 0.296 e. The zero-order chi connectivity index (χ0) is 18.3. The molecule has 3 heterocycles. The molecule has 0 aromatic carbocycles. The van der Waals surface area contributed by atoms with Gasteiger partial charge in [0.1, 0.15) is 0 Å². The van der Waals surface area contributed by atoms with E-state index < -0.39 is 0 Å². The van der Waals surface area contributed by atoms with Crippen LogP contribution in [0.3, 0.4) is 0 Å². The number of thioether (sulfide) groups is 1. The number of carbonyl (C=O) groups excluding carboxylic acids is 1. The van der Waals surface area contributed by atoms with Gasteiger partial charge in [0.15, 0.2) is 9.99 Å². The summed E-state index contributed by atoms with van der Waals surface area (Å²) < 4.78 is 2.73. The van der Waals surface area contributed by atoms with Crippen molar-refractivity contribution in [3.8, 4) is 0 Å². The highest BCUT2D eigenvalue weighted by molar-refractivity contribution is 8.01. The van der Waals surface area contributed by atoms with Crippen molar-refractivity contribution in [1.82, 2.24) is 25.0 Å². The van der Waals surface area contributed by atoms with Crippen LogP contribution < -0.4 is 5.32 Å². The van der Waals surface area contributed by atoms with Crippen LogP contribution in [0.25, 0.3) is 11.0 Å². The SMILES string of the molecule is CCSc1nnc(NC(=O)c2cc(C3CC3)nc3c2cnn3C(C)C)s1. The number of fused-ring (bicyclic) bond motifs is 1. The molecule has 1 N–H and O–H groups in total. The van der Waals surface area contributed by atoms with Crippen LogP contribution in [-0.2, 0) is 0 Å². The maximum Gasteiger partial charge on any atom is 0.258 e. The fourth-order valence-corrected chi connectivity index (χ4v) is 4.44. The molecule has 0 bridgehead atoms. The van der Waals surface area contributed by atoms with Crippen molar-refractivity contribution in [2.24, 2.45) is 0 Å². The van der Waals surface area contributed by atoms with E-state index in [-0.39, 0.29) is 11.9 Å². The minimum atomic E-state index is -0.188. The van der Waals surface area contributed by atoms with E-state index in [4.69, 9.17) is 4.98 Å².